The van der Waals surface area contributed by atoms with Crippen molar-refractivity contribution >= 4 is 23.6 Å². The number of nitrogens with zero attached hydrogens (tertiary/aromatic N) is 2. The van der Waals surface area contributed by atoms with Crippen LogP contribution < -0.4 is 16.0 Å². The highest BCUT2D eigenvalue weighted by molar-refractivity contribution is 5.92. The topological polar surface area (TPSA) is 170 Å². The SMILES string of the molecule is CC[C@H](C)[C@@H]([C@@H](CC(=O)N1CCC[C@H]1[C@H](OC)[C@@H](C)C(=O)N[C@H](C)[C@@H](O)c1ccccc1)OC)N(C)C(=O)[C@@H](NC(=O)C(C)(C)NC)C(C)(C)O. The molecule has 1 aromatic rings. The molecular weight excluding hydrogens is 654 g/mol. The number of hydrogen-bond donors (Lipinski definition) is 5. The molecule has 0 saturated carbocycles. The van der Waals surface area contributed by atoms with Gasteiger partial charge < -0.3 is 45.4 Å². The van der Waals surface area contributed by atoms with Crippen LogP contribution in [0.2, 0.25) is 0 Å². The first kappa shape index (κ1) is 44.1. The van der Waals surface area contributed by atoms with Gasteiger partial charge in [0.2, 0.25) is 23.6 Å². The Morgan fingerprint density at radius 1 is 1.02 bits per heavy atom. The Kier molecular flexibility index (Phi) is 16.5. The van der Waals surface area contributed by atoms with E-state index in [0.29, 0.717) is 24.9 Å². The van der Waals surface area contributed by atoms with Crippen molar-refractivity contribution in [1.29, 1.82) is 0 Å². The zero-order chi connectivity index (χ0) is 38.8. The summed E-state index contributed by atoms with van der Waals surface area (Å²) in [5.41, 5.74) is -1.89. The largest absolute Gasteiger partial charge is 0.388 e. The Morgan fingerprint density at radius 3 is 2.14 bits per heavy atom. The maximum absolute atomic E-state index is 14.1. The zero-order valence-corrected chi connectivity index (χ0v) is 32.9. The first-order valence-corrected chi connectivity index (χ1v) is 18.1. The number of likely N-dealkylation sites (N-methyl/N-ethyl adjacent to an activating group) is 2. The minimum atomic E-state index is -1.60. The molecule has 0 spiro atoms. The van der Waals surface area contributed by atoms with Crippen molar-refractivity contribution in [2.45, 2.75) is 135 Å². The second-order valence-electron chi connectivity index (χ2n) is 15.2. The molecule has 0 radical (unpaired) electrons. The number of benzene rings is 1. The third-order valence-corrected chi connectivity index (χ3v) is 10.7. The fourth-order valence-corrected chi connectivity index (χ4v) is 6.85. The van der Waals surface area contributed by atoms with Crippen LogP contribution in [-0.2, 0) is 28.7 Å². The van der Waals surface area contributed by atoms with Crippen LogP contribution in [0, 0.1) is 11.8 Å². The van der Waals surface area contributed by atoms with Crippen molar-refractivity contribution in [1.82, 2.24) is 25.8 Å². The second-order valence-corrected chi connectivity index (χ2v) is 15.2. The highest BCUT2D eigenvalue weighted by atomic mass is 16.5. The number of aliphatic hydroxyl groups excluding tert-OH is 1. The summed E-state index contributed by atoms with van der Waals surface area (Å²) in [6, 6.07) is 6.36. The molecule has 0 aliphatic carbocycles. The predicted molar refractivity (Wildman–Crippen MR) is 196 cm³/mol. The lowest BCUT2D eigenvalue weighted by Crippen LogP contribution is -2.65. The number of nitrogens with one attached hydrogen (secondary N) is 3. The smallest absolute Gasteiger partial charge is 0.248 e. The Balaban J connectivity index is 2.27. The fraction of sp³-hybridized carbons (Fsp3) is 0.737. The summed E-state index contributed by atoms with van der Waals surface area (Å²) in [7, 11) is 6.29. The maximum Gasteiger partial charge on any atom is 0.248 e. The number of hydrogen-bond acceptors (Lipinski definition) is 9. The number of ether oxygens (including phenoxy) is 2. The summed E-state index contributed by atoms with van der Waals surface area (Å²) >= 11 is 0. The highest BCUT2D eigenvalue weighted by Crippen LogP contribution is 2.30. The van der Waals surface area contributed by atoms with Gasteiger partial charge in [0.15, 0.2) is 0 Å². The maximum atomic E-state index is 14.1. The van der Waals surface area contributed by atoms with E-state index in [0.717, 1.165) is 6.42 Å². The first-order valence-electron chi connectivity index (χ1n) is 18.1. The number of carbonyl (C=O) groups excluding carboxylic acids is 4. The van der Waals surface area contributed by atoms with Crippen LogP contribution in [0.1, 0.15) is 92.7 Å². The standard InChI is InChI=1S/C38H65N5O8/c1-13-23(2)30(42(10)35(47)33(38(7,8)49)41-36(48)37(5,6)39-9)28(50-11)22-29(44)43-21-17-20-27(43)32(51-12)24(3)34(46)40-25(4)31(45)26-18-15-14-16-19-26/h14-16,18-19,23-25,27-28,30-33,39,45,49H,13,17,20-22H2,1-12H3,(H,40,46)(H,41,48)/t23-,24+,25+,27-,28+,30-,31+,32+,33+/m0/s1. The molecule has 0 aromatic heterocycles. The van der Waals surface area contributed by atoms with Gasteiger partial charge in [-0.3, -0.25) is 19.2 Å². The molecule has 290 valence electrons. The molecule has 1 fully saturated rings. The van der Waals surface area contributed by atoms with Gasteiger partial charge in [-0.15, -0.1) is 0 Å². The molecule has 0 bridgehead atoms. The molecular formula is C38H65N5O8. The van der Waals surface area contributed by atoms with Crippen LogP contribution in [-0.4, -0.2) is 126 Å². The van der Waals surface area contributed by atoms with E-state index in [1.165, 1.54) is 33.0 Å². The molecule has 1 aliphatic rings. The van der Waals surface area contributed by atoms with Gasteiger partial charge >= 0.3 is 0 Å². The van der Waals surface area contributed by atoms with Crippen molar-refractivity contribution in [2.24, 2.45) is 11.8 Å². The molecule has 2 rings (SSSR count). The molecule has 9 atom stereocenters. The van der Waals surface area contributed by atoms with Crippen LogP contribution in [0.25, 0.3) is 0 Å². The van der Waals surface area contributed by atoms with Crippen molar-refractivity contribution in [3.63, 3.8) is 0 Å². The Hall–Kier alpha value is -3.10. The van der Waals surface area contributed by atoms with Crippen molar-refractivity contribution in [3.8, 4) is 0 Å². The lowest BCUT2D eigenvalue weighted by atomic mass is 9.88. The van der Waals surface area contributed by atoms with Crippen molar-refractivity contribution in [2.75, 3.05) is 34.9 Å². The molecule has 13 nitrogen and oxygen atoms in total. The van der Waals surface area contributed by atoms with Crippen molar-refractivity contribution in [3.05, 3.63) is 35.9 Å². The number of amides is 4. The van der Waals surface area contributed by atoms with E-state index in [-0.39, 0.29) is 30.2 Å². The molecule has 1 aromatic carbocycles. The molecule has 4 amide bonds. The minimum Gasteiger partial charge on any atom is -0.388 e. The summed E-state index contributed by atoms with van der Waals surface area (Å²) < 4.78 is 11.8. The fourth-order valence-electron chi connectivity index (χ4n) is 6.85. The van der Waals surface area contributed by atoms with Crippen LogP contribution in [0.3, 0.4) is 0 Å². The second kappa shape index (κ2) is 19.1. The number of rotatable bonds is 19. The van der Waals surface area contributed by atoms with Gasteiger partial charge in [-0.2, -0.15) is 0 Å². The summed E-state index contributed by atoms with van der Waals surface area (Å²) in [5, 5.41) is 30.4. The summed E-state index contributed by atoms with van der Waals surface area (Å²) in [6.45, 7) is 14.2. The van der Waals surface area contributed by atoms with Crippen molar-refractivity contribution < 1.29 is 38.9 Å². The van der Waals surface area contributed by atoms with Gasteiger partial charge in [0.05, 0.1) is 59.9 Å². The molecule has 51 heavy (non-hydrogen) atoms. The third-order valence-electron chi connectivity index (χ3n) is 10.7. The monoisotopic (exact) mass is 719 g/mol. The van der Waals surface area contributed by atoms with Gasteiger partial charge in [-0.25, -0.2) is 0 Å². The Morgan fingerprint density at radius 2 is 1.63 bits per heavy atom. The zero-order valence-electron chi connectivity index (χ0n) is 32.9. The average Bonchev–Trinajstić information content (AvgIpc) is 3.58. The molecule has 13 heteroatoms. The molecule has 5 N–H and O–H groups in total. The first-order chi connectivity index (χ1) is 23.8. The summed E-state index contributed by atoms with van der Waals surface area (Å²) in [5.74, 6) is -2.18. The van der Waals surface area contributed by atoms with Gasteiger partial charge in [-0.1, -0.05) is 57.5 Å². The van der Waals surface area contributed by atoms with Gasteiger partial charge in [0, 0.05) is 27.8 Å². The quantitative estimate of drug-likeness (QED) is 0.144. The van der Waals surface area contributed by atoms with E-state index in [2.05, 4.69) is 16.0 Å². The normalized spacial score (nSPS) is 20.0. The van der Waals surface area contributed by atoms with Crippen LogP contribution in [0.4, 0.5) is 0 Å². The number of carbonyl (C=O) groups is 4. The molecule has 1 heterocycles. The number of aliphatic hydroxyl groups is 2. The van der Waals surface area contributed by atoms with Gasteiger partial charge in [-0.05, 0) is 66.0 Å². The van der Waals surface area contributed by atoms with E-state index in [4.69, 9.17) is 9.47 Å². The predicted octanol–water partition coefficient (Wildman–Crippen LogP) is 2.40. The van der Waals surface area contributed by atoms with Gasteiger partial charge in [0.1, 0.15) is 6.04 Å². The highest BCUT2D eigenvalue weighted by Gasteiger charge is 2.45. The third kappa shape index (κ3) is 11.2. The number of likely N-dealkylation sites (tertiary alicyclic amines) is 1. The Labute approximate surface area is 305 Å². The van der Waals surface area contributed by atoms with Crippen LogP contribution >= 0.6 is 0 Å². The minimum absolute atomic E-state index is 0.0384. The average molecular weight is 720 g/mol. The molecule has 1 aliphatic heterocycles. The summed E-state index contributed by atoms with van der Waals surface area (Å²) in [6.07, 6.45) is -0.201. The Bertz CT molecular complexity index is 1290. The number of methoxy groups -OCH3 is 2. The summed E-state index contributed by atoms with van der Waals surface area (Å²) in [4.78, 5) is 58.0. The van der Waals surface area contributed by atoms with E-state index in [9.17, 15) is 29.4 Å². The lowest BCUT2D eigenvalue weighted by molar-refractivity contribution is -0.151. The van der Waals surface area contributed by atoms with E-state index in [1.807, 2.05) is 32.0 Å². The van der Waals surface area contributed by atoms with E-state index >= 15 is 0 Å². The van der Waals surface area contributed by atoms with Gasteiger partial charge in [0.25, 0.3) is 0 Å². The van der Waals surface area contributed by atoms with E-state index in [1.54, 1.807) is 58.8 Å². The van der Waals surface area contributed by atoms with E-state index < -0.39 is 65.3 Å². The molecule has 1 saturated heterocycles. The lowest BCUT2D eigenvalue weighted by Gasteiger charge is -2.42. The van der Waals surface area contributed by atoms with Crippen LogP contribution in [0.5, 0.6) is 0 Å². The molecule has 0 unspecified atom stereocenters. The van der Waals surface area contributed by atoms with Crippen LogP contribution in [0.15, 0.2) is 30.3 Å².